The maximum Gasteiger partial charge on any atom is 2.00 e. The molecule has 6 nitrogen and oxygen atoms in total. The summed E-state index contributed by atoms with van der Waals surface area (Å²) in [5.41, 5.74) is 2.25. The van der Waals surface area contributed by atoms with E-state index in [4.69, 9.17) is 0 Å². The average molecular weight is 679 g/mol. The van der Waals surface area contributed by atoms with Crippen LogP contribution >= 0.6 is 0 Å². The zero-order valence-electron chi connectivity index (χ0n) is 26.8. The minimum absolute atomic E-state index is 0. The maximum absolute atomic E-state index is 11.2. The van der Waals surface area contributed by atoms with Crippen molar-refractivity contribution in [1.82, 2.24) is 0 Å². The second-order valence-corrected chi connectivity index (χ2v) is 14.3. The molecule has 0 saturated carbocycles. The first kappa shape index (κ1) is 39.7. The largest absolute Gasteiger partial charge is 2.00 e. The van der Waals surface area contributed by atoms with Crippen molar-refractivity contribution in [3.05, 3.63) is 83.9 Å². The number of unbranched alkanes of at least 4 members (excludes halogenated alkanes) is 10. The summed E-state index contributed by atoms with van der Waals surface area (Å²) in [5, 5.41) is 3.73. The Morgan fingerprint density at radius 1 is 0.489 bits per heavy atom. The van der Waals surface area contributed by atoms with Gasteiger partial charge in [-0.3, -0.25) is 0 Å². The molecule has 0 saturated heterocycles. The molecule has 4 aromatic carbocycles. The van der Waals surface area contributed by atoms with Gasteiger partial charge in [0.2, 0.25) is 0 Å². The standard InChI is InChI=1S/2C18H24O3S.Ca/c2*1-2-3-4-5-6-7-9-15-10-8-11-16-12-13-17(14-18(15)16)22(19,20)21;/h2*8,10-14H,2-7,9H2,1H3,(H,19,20,21);/q;;+2/p-2. The normalized spacial score (nSPS) is 11.6. The van der Waals surface area contributed by atoms with Gasteiger partial charge < -0.3 is 9.11 Å². The van der Waals surface area contributed by atoms with Crippen LogP contribution in [0.4, 0.5) is 0 Å². The molecule has 45 heavy (non-hydrogen) atoms. The first-order valence-corrected chi connectivity index (χ1v) is 18.8. The van der Waals surface area contributed by atoms with Crippen molar-refractivity contribution < 1.29 is 25.9 Å². The first-order valence-electron chi connectivity index (χ1n) is 16.0. The molecule has 0 fully saturated rings. The quantitative estimate of drug-likeness (QED) is 0.0664. The number of aryl methyl sites for hydroxylation is 2. The van der Waals surface area contributed by atoms with Gasteiger partial charge >= 0.3 is 37.7 Å². The van der Waals surface area contributed by atoms with E-state index in [1.165, 1.54) is 88.5 Å². The Hall–Kier alpha value is -1.52. The Bertz CT molecular complexity index is 1570. The second kappa shape index (κ2) is 20.0. The monoisotopic (exact) mass is 678 g/mol. The number of hydrogen-bond acceptors (Lipinski definition) is 6. The summed E-state index contributed by atoms with van der Waals surface area (Å²) in [4.78, 5) is -0.286. The molecule has 9 heteroatoms. The first-order chi connectivity index (χ1) is 21.0. The van der Waals surface area contributed by atoms with E-state index in [0.717, 1.165) is 58.4 Å². The van der Waals surface area contributed by atoms with E-state index >= 15 is 0 Å². The van der Waals surface area contributed by atoms with Gasteiger partial charge in [-0.15, -0.1) is 0 Å². The third-order valence-corrected chi connectivity index (χ3v) is 9.73. The van der Waals surface area contributed by atoms with Gasteiger partial charge in [-0.1, -0.05) is 127 Å². The Morgan fingerprint density at radius 2 is 0.844 bits per heavy atom. The minimum Gasteiger partial charge on any atom is -0.744 e. The van der Waals surface area contributed by atoms with Crippen LogP contribution in [0.2, 0.25) is 0 Å². The van der Waals surface area contributed by atoms with Crippen molar-refractivity contribution in [2.24, 2.45) is 0 Å². The summed E-state index contributed by atoms with van der Waals surface area (Å²) in [5.74, 6) is 0. The fraction of sp³-hybridized carbons (Fsp3) is 0.444. The van der Waals surface area contributed by atoms with Gasteiger partial charge in [0.1, 0.15) is 20.2 Å². The number of hydrogen-bond donors (Lipinski definition) is 0. The molecule has 0 atom stereocenters. The molecule has 0 radical (unpaired) electrons. The van der Waals surface area contributed by atoms with Crippen molar-refractivity contribution in [1.29, 1.82) is 0 Å². The second-order valence-electron chi connectivity index (χ2n) is 11.5. The molecule has 0 aromatic heterocycles. The van der Waals surface area contributed by atoms with E-state index in [2.05, 4.69) is 13.8 Å². The predicted molar refractivity (Wildman–Crippen MR) is 184 cm³/mol. The topological polar surface area (TPSA) is 114 Å². The summed E-state index contributed by atoms with van der Waals surface area (Å²) in [6, 6.07) is 21.1. The molecule has 0 aliphatic carbocycles. The summed E-state index contributed by atoms with van der Waals surface area (Å²) in [6.45, 7) is 4.41. The molecule has 0 bridgehead atoms. The van der Waals surface area contributed by atoms with Crippen LogP contribution in [-0.4, -0.2) is 63.7 Å². The molecular formula is C36H46CaO6S2. The Kier molecular flexibility index (Phi) is 17.6. The van der Waals surface area contributed by atoms with E-state index in [-0.39, 0.29) is 47.5 Å². The summed E-state index contributed by atoms with van der Waals surface area (Å²) in [7, 11) is -8.79. The van der Waals surface area contributed by atoms with Crippen LogP contribution in [-0.2, 0) is 33.1 Å². The number of fused-ring (bicyclic) bond motifs is 2. The fourth-order valence-electron chi connectivity index (χ4n) is 5.57. The van der Waals surface area contributed by atoms with Gasteiger partial charge in [0, 0.05) is 0 Å². The molecule has 0 N–H and O–H groups in total. The van der Waals surface area contributed by atoms with Crippen LogP contribution in [0, 0.1) is 0 Å². The van der Waals surface area contributed by atoms with Crippen LogP contribution in [0.25, 0.3) is 21.5 Å². The summed E-state index contributed by atoms with van der Waals surface area (Å²) >= 11 is 0. The van der Waals surface area contributed by atoms with Gasteiger partial charge in [0.05, 0.1) is 9.79 Å². The van der Waals surface area contributed by atoms with Crippen LogP contribution in [0.1, 0.15) is 102 Å². The smallest absolute Gasteiger partial charge is 0.744 e. The van der Waals surface area contributed by atoms with E-state index in [1.807, 2.05) is 36.4 Å². The third-order valence-electron chi connectivity index (χ3n) is 8.06. The average Bonchev–Trinajstić information content (AvgIpc) is 2.99. The van der Waals surface area contributed by atoms with Crippen LogP contribution in [0.3, 0.4) is 0 Å². The summed E-state index contributed by atoms with van der Waals surface area (Å²) < 4.78 is 67.2. The van der Waals surface area contributed by atoms with Crippen molar-refractivity contribution in [3.8, 4) is 0 Å². The van der Waals surface area contributed by atoms with Crippen LogP contribution in [0.5, 0.6) is 0 Å². The molecule has 0 aliphatic rings. The Morgan fingerprint density at radius 3 is 1.20 bits per heavy atom. The third kappa shape index (κ3) is 13.3. The Balaban J connectivity index is 0.000000307. The summed E-state index contributed by atoms with van der Waals surface area (Å²) in [6.07, 6.45) is 16.5. The molecule has 0 aliphatic heterocycles. The van der Waals surface area contributed by atoms with E-state index < -0.39 is 20.2 Å². The molecule has 4 rings (SSSR count). The zero-order valence-corrected chi connectivity index (χ0v) is 30.6. The van der Waals surface area contributed by atoms with Crippen LogP contribution < -0.4 is 0 Å². The molecule has 240 valence electrons. The fourth-order valence-corrected chi connectivity index (χ4v) is 6.57. The van der Waals surface area contributed by atoms with Gasteiger partial charge in [-0.05, 0) is 82.6 Å². The number of benzene rings is 4. The molecule has 0 spiro atoms. The molecular weight excluding hydrogens is 633 g/mol. The van der Waals surface area contributed by atoms with E-state index in [1.54, 1.807) is 12.1 Å². The number of rotatable bonds is 16. The molecule has 0 unspecified atom stereocenters. The SMILES string of the molecule is CCCCCCCCc1cccc2ccc(S(=O)(=O)[O-])cc12.CCCCCCCCc1cccc2ccc(S(=O)(=O)[O-])cc12.[Ca+2]. The molecule has 0 heterocycles. The van der Waals surface area contributed by atoms with Gasteiger partial charge in [0.25, 0.3) is 0 Å². The Labute approximate surface area is 300 Å². The zero-order chi connectivity index (χ0) is 32.0. The van der Waals surface area contributed by atoms with Gasteiger partial charge in [-0.2, -0.15) is 0 Å². The van der Waals surface area contributed by atoms with E-state index in [0.29, 0.717) is 0 Å². The van der Waals surface area contributed by atoms with Gasteiger partial charge in [-0.25, -0.2) is 16.8 Å². The van der Waals surface area contributed by atoms with Crippen molar-refractivity contribution in [2.45, 2.75) is 114 Å². The van der Waals surface area contributed by atoms with Crippen LogP contribution in [0.15, 0.2) is 82.6 Å². The van der Waals surface area contributed by atoms with E-state index in [9.17, 15) is 25.9 Å². The minimum atomic E-state index is -4.40. The molecule has 0 amide bonds. The maximum atomic E-state index is 11.2. The van der Waals surface area contributed by atoms with Crippen molar-refractivity contribution in [2.75, 3.05) is 0 Å². The van der Waals surface area contributed by atoms with Gasteiger partial charge in [0.15, 0.2) is 0 Å². The van der Waals surface area contributed by atoms with Crippen molar-refractivity contribution in [3.63, 3.8) is 0 Å². The predicted octanol–water partition coefficient (Wildman–Crippen LogP) is 8.91. The van der Waals surface area contributed by atoms with Crippen molar-refractivity contribution >= 4 is 79.5 Å². The molecule has 4 aromatic rings.